The molecule has 0 aliphatic heterocycles. The molecule has 0 saturated carbocycles. The maximum Gasteiger partial charge on any atom is 0.243 e. The fraction of sp³-hybridized carbons (Fsp3) is 0.471. The van der Waals surface area contributed by atoms with Crippen LogP contribution in [-0.4, -0.2) is 24.9 Å². The van der Waals surface area contributed by atoms with Gasteiger partial charge in [-0.1, -0.05) is 11.2 Å². The molecular formula is C17H22N2O3S. The van der Waals surface area contributed by atoms with Crippen LogP contribution in [0.15, 0.2) is 27.6 Å². The first kappa shape index (κ1) is 16.2. The fourth-order valence-electron chi connectivity index (χ4n) is 3.09. The molecule has 0 radical (unpaired) electrons. The second-order valence-electron chi connectivity index (χ2n) is 6.20. The van der Waals surface area contributed by atoms with E-state index in [0.29, 0.717) is 10.7 Å². The Morgan fingerprint density at radius 1 is 1.17 bits per heavy atom. The summed E-state index contributed by atoms with van der Waals surface area (Å²) in [6.45, 7) is 3.89. The number of rotatable bonds is 4. The van der Waals surface area contributed by atoms with Crippen LogP contribution in [0.5, 0.6) is 0 Å². The van der Waals surface area contributed by atoms with E-state index in [1.807, 2.05) is 19.1 Å². The first-order valence-electron chi connectivity index (χ1n) is 7.89. The molecule has 1 aromatic carbocycles. The van der Waals surface area contributed by atoms with E-state index in [1.165, 1.54) is 21.9 Å². The number of fused-ring (bicyclic) bond motifs is 1. The second-order valence-corrected chi connectivity index (χ2v) is 8.25. The molecule has 23 heavy (non-hydrogen) atoms. The zero-order valence-corrected chi connectivity index (χ0v) is 14.6. The van der Waals surface area contributed by atoms with Crippen LogP contribution in [0.2, 0.25) is 0 Å². The first-order chi connectivity index (χ1) is 10.9. The van der Waals surface area contributed by atoms with Crippen LogP contribution in [0.25, 0.3) is 0 Å². The molecule has 0 atom stereocenters. The van der Waals surface area contributed by atoms with Crippen LogP contribution in [0.3, 0.4) is 0 Å². The van der Waals surface area contributed by atoms with Gasteiger partial charge in [-0.3, -0.25) is 0 Å². The molecule has 0 amide bonds. The quantitative estimate of drug-likeness (QED) is 0.862. The summed E-state index contributed by atoms with van der Waals surface area (Å²) in [5.41, 5.74) is 4.01. The van der Waals surface area contributed by atoms with Gasteiger partial charge < -0.3 is 4.52 Å². The van der Waals surface area contributed by atoms with Crippen molar-refractivity contribution < 1.29 is 12.9 Å². The van der Waals surface area contributed by atoms with Gasteiger partial charge in [0.2, 0.25) is 10.0 Å². The van der Waals surface area contributed by atoms with E-state index >= 15 is 0 Å². The van der Waals surface area contributed by atoms with Gasteiger partial charge in [-0.2, -0.15) is 4.31 Å². The van der Waals surface area contributed by atoms with Crippen molar-refractivity contribution in [2.45, 2.75) is 51.0 Å². The topological polar surface area (TPSA) is 63.4 Å². The first-order valence-corrected chi connectivity index (χ1v) is 9.33. The normalized spacial score (nSPS) is 15.0. The summed E-state index contributed by atoms with van der Waals surface area (Å²) in [5.74, 6) is 0.662. The molecule has 0 saturated heterocycles. The summed E-state index contributed by atoms with van der Waals surface area (Å²) < 4.78 is 32.2. The van der Waals surface area contributed by atoms with E-state index in [1.54, 1.807) is 20.0 Å². The number of sulfonamides is 1. The van der Waals surface area contributed by atoms with E-state index in [9.17, 15) is 8.42 Å². The number of aromatic nitrogens is 1. The number of hydrogen-bond donors (Lipinski definition) is 0. The van der Waals surface area contributed by atoms with Crippen molar-refractivity contribution in [2.24, 2.45) is 0 Å². The molecule has 0 N–H and O–H groups in total. The van der Waals surface area contributed by atoms with Crippen LogP contribution < -0.4 is 0 Å². The minimum absolute atomic E-state index is 0.264. The third-order valence-corrected chi connectivity index (χ3v) is 6.39. The minimum atomic E-state index is -3.52. The molecule has 2 aromatic rings. The number of hydrogen-bond acceptors (Lipinski definition) is 4. The SMILES string of the molecule is Cc1noc(C)c1CN(C)S(=O)(=O)c1ccc2c(c1)CCCC2. The van der Waals surface area contributed by atoms with E-state index < -0.39 is 10.0 Å². The zero-order chi connectivity index (χ0) is 16.6. The van der Waals surface area contributed by atoms with Crippen molar-refractivity contribution in [2.75, 3.05) is 7.05 Å². The Hall–Kier alpha value is -1.66. The lowest BCUT2D eigenvalue weighted by Crippen LogP contribution is -2.27. The number of nitrogens with zero attached hydrogens (tertiary/aromatic N) is 2. The Balaban J connectivity index is 1.89. The second kappa shape index (κ2) is 6.09. The van der Waals surface area contributed by atoms with Crippen molar-refractivity contribution in [1.82, 2.24) is 9.46 Å². The zero-order valence-electron chi connectivity index (χ0n) is 13.8. The van der Waals surface area contributed by atoms with Gasteiger partial charge in [-0.25, -0.2) is 8.42 Å². The summed E-state index contributed by atoms with van der Waals surface area (Å²) in [6, 6.07) is 5.53. The third-order valence-electron chi connectivity index (χ3n) is 4.59. The lowest BCUT2D eigenvalue weighted by atomic mass is 9.92. The van der Waals surface area contributed by atoms with Gasteiger partial charge in [0.1, 0.15) is 5.76 Å². The number of benzene rings is 1. The summed E-state index contributed by atoms with van der Waals surface area (Å²) in [6.07, 6.45) is 4.33. The predicted octanol–water partition coefficient (Wildman–Crippen LogP) is 2.99. The molecule has 1 aliphatic carbocycles. The van der Waals surface area contributed by atoms with Gasteiger partial charge in [0.15, 0.2) is 0 Å². The lowest BCUT2D eigenvalue weighted by molar-refractivity contribution is 0.390. The Kier molecular flexibility index (Phi) is 4.29. The molecule has 0 fully saturated rings. The molecule has 0 unspecified atom stereocenters. The average Bonchev–Trinajstić information content (AvgIpc) is 2.86. The molecule has 1 aliphatic rings. The van der Waals surface area contributed by atoms with Crippen molar-refractivity contribution in [3.8, 4) is 0 Å². The lowest BCUT2D eigenvalue weighted by Gasteiger charge is -2.20. The largest absolute Gasteiger partial charge is 0.361 e. The van der Waals surface area contributed by atoms with Gasteiger partial charge in [0.25, 0.3) is 0 Å². The molecule has 6 heteroatoms. The van der Waals surface area contributed by atoms with Crippen molar-refractivity contribution in [1.29, 1.82) is 0 Å². The summed E-state index contributed by atoms with van der Waals surface area (Å²) >= 11 is 0. The molecule has 1 heterocycles. The van der Waals surface area contributed by atoms with Gasteiger partial charge in [0.05, 0.1) is 10.6 Å². The van der Waals surface area contributed by atoms with Gasteiger partial charge in [-0.05, 0) is 62.8 Å². The van der Waals surface area contributed by atoms with Crippen LogP contribution in [0.1, 0.15) is 41.0 Å². The minimum Gasteiger partial charge on any atom is -0.361 e. The van der Waals surface area contributed by atoms with Crippen LogP contribution in [0.4, 0.5) is 0 Å². The van der Waals surface area contributed by atoms with Crippen LogP contribution >= 0.6 is 0 Å². The Bertz CT molecular complexity index is 805. The van der Waals surface area contributed by atoms with Crippen LogP contribution in [-0.2, 0) is 29.4 Å². The standard InChI is InChI=1S/C17H22N2O3S/c1-12-17(13(2)22-18-12)11-19(3)23(20,21)16-9-8-14-6-4-5-7-15(14)10-16/h8-10H,4-7,11H2,1-3H3. The van der Waals surface area contributed by atoms with E-state index in [2.05, 4.69) is 5.16 Å². The maximum absolute atomic E-state index is 12.8. The van der Waals surface area contributed by atoms with E-state index in [4.69, 9.17) is 4.52 Å². The average molecular weight is 334 g/mol. The molecule has 124 valence electrons. The highest BCUT2D eigenvalue weighted by Gasteiger charge is 2.24. The molecule has 1 aromatic heterocycles. The highest BCUT2D eigenvalue weighted by molar-refractivity contribution is 7.89. The van der Waals surface area contributed by atoms with Crippen molar-refractivity contribution in [3.63, 3.8) is 0 Å². The molecular weight excluding hydrogens is 312 g/mol. The Morgan fingerprint density at radius 2 is 1.87 bits per heavy atom. The third kappa shape index (κ3) is 3.05. The predicted molar refractivity (Wildman–Crippen MR) is 87.7 cm³/mol. The molecule has 0 spiro atoms. The Labute approximate surface area is 137 Å². The monoisotopic (exact) mass is 334 g/mol. The highest BCUT2D eigenvalue weighted by Crippen LogP contribution is 2.26. The highest BCUT2D eigenvalue weighted by atomic mass is 32.2. The summed E-state index contributed by atoms with van der Waals surface area (Å²) in [7, 11) is -1.92. The maximum atomic E-state index is 12.8. The Morgan fingerprint density at radius 3 is 2.52 bits per heavy atom. The fourth-order valence-corrected chi connectivity index (χ4v) is 4.28. The van der Waals surface area contributed by atoms with E-state index in [0.717, 1.165) is 30.5 Å². The molecule has 3 rings (SSSR count). The summed E-state index contributed by atoms with van der Waals surface area (Å²) in [4.78, 5) is 0.368. The van der Waals surface area contributed by atoms with Crippen LogP contribution in [0, 0.1) is 13.8 Å². The summed E-state index contributed by atoms with van der Waals surface area (Å²) in [5, 5.41) is 3.89. The van der Waals surface area contributed by atoms with Gasteiger partial charge in [-0.15, -0.1) is 0 Å². The number of aryl methyl sites for hydroxylation is 4. The van der Waals surface area contributed by atoms with Gasteiger partial charge >= 0.3 is 0 Å². The molecule has 0 bridgehead atoms. The van der Waals surface area contributed by atoms with Crippen molar-refractivity contribution in [3.05, 3.63) is 46.3 Å². The van der Waals surface area contributed by atoms with Gasteiger partial charge in [0, 0.05) is 19.2 Å². The molecule has 5 nitrogen and oxygen atoms in total. The smallest absolute Gasteiger partial charge is 0.243 e. The van der Waals surface area contributed by atoms with Crippen molar-refractivity contribution >= 4 is 10.0 Å². The van der Waals surface area contributed by atoms with E-state index in [-0.39, 0.29) is 6.54 Å².